The molecule has 1 unspecified atom stereocenters. The number of aromatic nitrogens is 1. The van der Waals surface area contributed by atoms with Crippen LogP contribution in [0.1, 0.15) is 21.5 Å². The zero-order valence-corrected chi connectivity index (χ0v) is 16.2. The highest BCUT2D eigenvalue weighted by molar-refractivity contribution is 5.95. The largest absolute Gasteiger partial charge is 0.365 e. The van der Waals surface area contributed by atoms with E-state index in [9.17, 15) is 14.4 Å². The molecule has 3 rings (SSSR count). The number of hydrogen-bond donors (Lipinski definition) is 1. The number of carbonyl (C=O) groups excluding carboxylic acids is 2. The monoisotopic (exact) mass is 383 g/mol. The van der Waals surface area contributed by atoms with Crippen LogP contribution in [-0.4, -0.2) is 54.1 Å². The van der Waals surface area contributed by atoms with Gasteiger partial charge in [-0.1, -0.05) is 30.3 Å². The van der Waals surface area contributed by atoms with Crippen molar-refractivity contribution in [2.45, 2.75) is 26.0 Å². The fraction of sp³-hybridized carbons (Fsp3) is 0.381. The lowest BCUT2D eigenvalue weighted by molar-refractivity contribution is -0.146. The smallest absolute Gasteiger partial charge is 0.263 e. The van der Waals surface area contributed by atoms with Crippen LogP contribution in [0.4, 0.5) is 0 Å². The Morgan fingerprint density at radius 1 is 1.21 bits per heavy atom. The summed E-state index contributed by atoms with van der Waals surface area (Å²) in [6.45, 7) is 2.92. The maximum absolute atomic E-state index is 12.8. The van der Waals surface area contributed by atoms with Crippen molar-refractivity contribution in [1.29, 1.82) is 0 Å². The average Bonchev–Trinajstić information content (AvgIpc) is 2.69. The molecule has 0 aliphatic carbocycles. The van der Waals surface area contributed by atoms with Crippen molar-refractivity contribution in [3.63, 3.8) is 0 Å². The van der Waals surface area contributed by atoms with Crippen LogP contribution in [-0.2, 0) is 22.5 Å². The van der Waals surface area contributed by atoms with Gasteiger partial charge in [-0.2, -0.15) is 0 Å². The molecule has 148 valence electrons. The molecule has 2 aromatic rings. The molecule has 7 nitrogen and oxygen atoms in total. The standard InChI is InChI=1S/C21H25N3O4/c1-15-8-10-24(11-9-16-6-4-3-5-7-16)21(27)19(15)20(26)22-12-17-13-23(2)18(25)14-28-17/h3-8,10,17H,9,11-14H2,1-2H3,(H,22,26). The van der Waals surface area contributed by atoms with E-state index in [0.29, 0.717) is 25.1 Å². The van der Waals surface area contributed by atoms with Crippen LogP contribution in [0.5, 0.6) is 0 Å². The Hall–Kier alpha value is -2.93. The van der Waals surface area contributed by atoms with Gasteiger partial charge in [-0.3, -0.25) is 14.4 Å². The maximum atomic E-state index is 12.8. The molecule has 1 N–H and O–H groups in total. The molecule has 2 amide bonds. The second-order valence-corrected chi connectivity index (χ2v) is 7.03. The van der Waals surface area contributed by atoms with Gasteiger partial charge >= 0.3 is 0 Å². The summed E-state index contributed by atoms with van der Waals surface area (Å²) in [7, 11) is 1.70. The number of likely N-dealkylation sites (N-methyl/N-ethyl adjacent to an activating group) is 1. The van der Waals surface area contributed by atoms with Crippen molar-refractivity contribution in [1.82, 2.24) is 14.8 Å². The fourth-order valence-corrected chi connectivity index (χ4v) is 3.19. The summed E-state index contributed by atoms with van der Waals surface area (Å²) >= 11 is 0. The van der Waals surface area contributed by atoms with Crippen molar-refractivity contribution in [2.24, 2.45) is 0 Å². The maximum Gasteiger partial charge on any atom is 0.263 e. The number of amides is 2. The number of carbonyl (C=O) groups is 2. The normalized spacial score (nSPS) is 16.9. The SMILES string of the molecule is Cc1ccn(CCc2ccccc2)c(=O)c1C(=O)NCC1CN(C)C(=O)CO1. The van der Waals surface area contributed by atoms with Crippen LogP contribution < -0.4 is 10.9 Å². The van der Waals surface area contributed by atoms with Gasteiger partial charge in [0.25, 0.3) is 11.5 Å². The molecule has 1 atom stereocenters. The van der Waals surface area contributed by atoms with E-state index in [1.165, 1.54) is 0 Å². The van der Waals surface area contributed by atoms with Crippen molar-refractivity contribution in [2.75, 3.05) is 26.7 Å². The minimum Gasteiger partial charge on any atom is -0.365 e. The first-order valence-electron chi connectivity index (χ1n) is 9.33. The number of nitrogens with zero attached hydrogens (tertiary/aromatic N) is 2. The number of rotatable bonds is 6. The van der Waals surface area contributed by atoms with Crippen molar-refractivity contribution >= 4 is 11.8 Å². The molecular weight excluding hydrogens is 358 g/mol. The molecule has 1 saturated heterocycles. The zero-order chi connectivity index (χ0) is 20.1. The third kappa shape index (κ3) is 4.67. The molecule has 1 aliphatic rings. The van der Waals surface area contributed by atoms with Gasteiger partial charge in [0.1, 0.15) is 12.2 Å². The van der Waals surface area contributed by atoms with E-state index in [4.69, 9.17) is 4.74 Å². The van der Waals surface area contributed by atoms with Crippen LogP contribution in [0.2, 0.25) is 0 Å². The Balaban J connectivity index is 1.66. The summed E-state index contributed by atoms with van der Waals surface area (Å²) in [5.41, 5.74) is 1.62. The van der Waals surface area contributed by atoms with Crippen LogP contribution in [0.25, 0.3) is 0 Å². The third-order valence-electron chi connectivity index (χ3n) is 4.92. The predicted octanol–water partition coefficient (Wildman–Crippen LogP) is 0.986. The van der Waals surface area contributed by atoms with Gasteiger partial charge in [-0.05, 0) is 30.5 Å². The molecular formula is C21H25N3O4. The first kappa shape index (κ1) is 19.8. The molecule has 1 aromatic carbocycles. The Labute approximate surface area is 163 Å². The molecule has 1 aromatic heterocycles. The van der Waals surface area contributed by atoms with Gasteiger partial charge in [0.05, 0.1) is 6.10 Å². The lowest BCUT2D eigenvalue weighted by atomic mass is 10.1. The van der Waals surface area contributed by atoms with Crippen molar-refractivity contribution in [3.8, 4) is 0 Å². The number of benzene rings is 1. The number of ether oxygens (including phenoxy) is 1. The quantitative estimate of drug-likeness (QED) is 0.807. The second kappa shape index (κ2) is 8.84. The number of hydrogen-bond acceptors (Lipinski definition) is 4. The zero-order valence-electron chi connectivity index (χ0n) is 16.2. The summed E-state index contributed by atoms with van der Waals surface area (Å²) in [5, 5.41) is 2.77. The van der Waals surface area contributed by atoms with Crippen molar-refractivity contribution in [3.05, 3.63) is 69.6 Å². The molecule has 0 radical (unpaired) electrons. The van der Waals surface area contributed by atoms with Gasteiger partial charge in [-0.25, -0.2) is 0 Å². The Morgan fingerprint density at radius 2 is 1.96 bits per heavy atom. The number of morpholine rings is 1. The highest BCUT2D eigenvalue weighted by Gasteiger charge is 2.24. The van der Waals surface area contributed by atoms with E-state index in [1.54, 1.807) is 35.7 Å². The van der Waals surface area contributed by atoms with Crippen LogP contribution in [0.3, 0.4) is 0 Å². The number of nitrogens with one attached hydrogen (secondary N) is 1. The number of pyridine rings is 1. The van der Waals surface area contributed by atoms with E-state index in [1.807, 2.05) is 30.3 Å². The third-order valence-corrected chi connectivity index (χ3v) is 4.92. The summed E-state index contributed by atoms with van der Waals surface area (Å²) in [6.07, 6.45) is 2.15. The summed E-state index contributed by atoms with van der Waals surface area (Å²) in [4.78, 5) is 38.5. The molecule has 7 heteroatoms. The van der Waals surface area contributed by atoms with Gasteiger partial charge in [0.2, 0.25) is 5.91 Å². The Bertz CT molecular complexity index is 908. The van der Waals surface area contributed by atoms with Crippen LogP contribution in [0.15, 0.2) is 47.4 Å². The van der Waals surface area contributed by atoms with E-state index in [0.717, 1.165) is 5.56 Å². The first-order valence-corrected chi connectivity index (χ1v) is 9.33. The second-order valence-electron chi connectivity index (χ2n) is 7.03. The highest BCUT2D eigenvalue weighted by Crippen LogP contribution is 2.07. The van der Waals surface area contributed by atoms with Gasteiger partial charge < -0.3 is 19.5 Å². The van der Waals surface area contributed by atoms with Gasteiger partial charge in [0, 0.05) is 32.9 Å². The minimum absolute atomic E-state index is 0.00763. The topological polar surface area (TPSA) is 80.6 Å². The lowest BCUT2D eigenvalue weighted by Gasteiger charge is -2.29. The Morgan fingerprint density at radius 3 is 2.68 bits per heavy atom. The molecule has 2 heterocycles. The summed E-state index contributed by atoms with van der Waals surface area (Å²) < 4.78 is 7.00. The highest BCUT2D eigenvalue weighted by atomic mass is 16.5. The van der Waals surface area contributed by atoms with Crippen LogP contribution in [0, 0.1) is 6.92 Å². The minimum atomic E-state index is -0.417. The van der Waals surface area contributed by atoms with Crippen LogP contribution >= 0.6 is 0 Å². The molecule has 0 bridgehead atoms. The van der Waals surface area contributed by atoms with E-state index >= 15 is 0 Å². The van der Waals surface area contributed by atoms with Gasteiger partial charge in [-0.15, -0.1) is 0 Å². The van der Waals surface area contributed by atoms with Crippen molar-refractivity contribution < 1.29 is 14.3 Å². The first-order chi connectivity index (χ1) is 13.5. The van der Waals surface area contributed by atoms with E-state index in [-0.39, 0.29) is 36.3 Å². The Kier molecular flexibility index (Phi) is 6.26. The summed E-state index contributed by atoms with van der Waals surface area (Å²) in [5.74, 6) is -0.498. The van der Waals surface area contributed by atoms with Gasteiger partial charge in [0.15, 0.2) is 0 Å². The van der Waals surface area contributed by atoms with E-state index in [2.05, 4.69) is 5.32 Å². The van der Waals surface area contributed by atoms with E-state index < -0.39 is 5.91 Å². The lowest BCUT2D eigenvalue weighted by Crippen LogP contribution is -2.49. The molecule has 28 heavy (non-hydrogen) atoms. The predicted molar refractivity (Wildman–Crippen MR) is 105 cm³/mol. The molecule has 0 saturated carbocycles. The average molecular weight is 383 g/mol. The summed E-state index contributed by atoms with van der Waals surface area (Å²) in [6, 6.07) is 11.7. The molecule has 0 spiro atoms. The number of aryl methyl sites for hydroxylation is 3. The fourth-order valence-electron chi connectivity index (χ4n) is 3.19. The molecule has 1 aliphatic heterocycles. The molecule has 1 fully saturated rings.